The number of aromatic amines is 1. The molecule has 0 aliphatic carbocycles. The third kappa shape index (κ3) is 3.60. The summed E-state index contributed by atoms with van der Waals surface area (Å²) in [6.45, 7) is 0. The molecule has 1 heterocycles. The topological polar surface area (TPSA) is 53.1 Å². The summed E-state index contributed by atoms with van der Waals surface area (Å²) in [5, 5.41) is 11.4. The summed E-state index contributed by atoms with van der Waals surface area (Å²) in [5.74, 6) is 0.587. The fourth-order valence-electron chi connectivity index (χ4n) is 2.25. The zero-order chi connectivity index (χ0) is 16.2. The van der Waals surface area contributed by atoms with Gasteiger partial charge in [-0.05, 0) is 23.8 Å². The van der Waals surface area contributed by atoms with Crippen LogP contribution in [0.3, 0.4) is 0 Å². The van der Waals surface area contributed by atoms with Crippen LogP contribution in [0.1, 0.15) is 5.56 Å². The van der Waals surface area contributed by atoms with Crippen molar-refractivity contribution in [2.75, 3.05) is 5.75 Å². The van der Waals surface area contributed by atoms with E-state index in [-0.39, 0.29) is 11.3 Å². The van der Waals surface area contributed by atoms with Gasteiger partial charge in [0.1, 0.15) is 10.6 Å². The first-order valence-corrected chi connectivity index (χ1v) is 8.40. The first kappa shape index (κ1) is 15.7. The highest BCUT2D eigenvalue weighted by atomic mass is 35.5. The molecule has 2 N–H and O–H groups in total. The minimum atomic E-state index is -0.310. The Hall–Kier alpha value is -2.17. The van der Waals surface area contributed by atoms with Gasteiger partial charge in [0.25, 0.3) is 5.56 Å². The van der Waals surface area contributed by atoms with Gasteiger partial charge in [-0.3, -0.25) is 4.79 Å². The monoisotopic (exact) mass is 343 g/mol. The Bertz CT molecular complexity index is 919. The van der Waals surface area contributed by atoms with Gasteiger partial charge in [0, 0.05) is 16.2 Å². The maximum atomic E-state index is 12.1. The van der Waals surface area contributed by atoms with Gasteiger partial charge in [0.2, 0.25) is 0 Å². The molecule has 0 saturated carbocycles. The van der Waals surface area contributed by atoms with Gasteiger partial charge in [-0.15, -0.1) is 11.8 Å². The van der Waals surface area contributed by atoms with Crippen molar-refractivity contribution in [1.82, 2.24) is 4.98 Å². The average Bonchev–Trinajstić information content (AvgIpc) is 2.54. The minimum absolute atomic E-state index is 0.00136. The molecular formula is C18H14ClNO2S. The van der Waals surface area contributed by atoms with Crippen LogP contribution >= 0.6 is 23.4 Å². The summed E-state index contributed by atoms with van der Waals surface area (Å²) in [5.41, 5.74) is 1.32. The summed E-state index contributed by atoms with van der Waals surface area (Å²) in [7, 11) is 0. The van der Waals surface area contributed by atoms with E-state index in [1.807, 2.05) is 42.5 Å². The molecule has 5 heteroatoms. The van der Waals surface area contributed by atoms with Gasteiger partial charge < -0.3 is 10.1 Å². The highest BCUT2D eigenvalue weighted by molar-refractivity contribution is 7.99. The number of hydrogen-bond acceptors (Lipinski definition) is 3. The lowest BCUT2D eigenvalue weighted by atomic mass is 10.2. The molecule has 0 amide bonds. The number of hydrogen-bond donors (Lipinski definition) is 2. The highest BCUT2D eigenvalue weighted by Crippen LogP contribution is 2.32. The Morgan fingerprint density at radius 3 is 2.74 bits per heavy atom. The quantitative estimate of drug-likeness (QED) is 0.675. The van der Waals surface area contributed by atoms with Gasteiger partial charge in [-0.2, -0.15) is 0 Å². The van der Waals surface area contributed by atoms with Crippen molar-refractivity contribution in [3.8, 4) is 5.75 Å². The third-order valence-electron chi connectivity index (χ3n) is 3.34. The average molecular weight is 344 g/mol. The number of benzene rings is 2. The first-order valence-electron chi connectivity index (χ1n) is 7.04. The number of fused-ring (bicyclic) bond motifs is 1. The fourth-order valence-corrected chi connectivity index (χ4v) is 3.21. The smallest absolute Gasteiger partial charge is 0.265 e. The SMILES string of the molecule is O=c1[nH]c2cc(Cl)ccc2c(O)c1SCC=Cc1ccccc1. The molecule has 0 aliphatic rings. The first-order chi connectivity index (χ1) is 11.1. The van der Waals surface area contributed by atoms with E-state index in [0.29, 0.717) is 26.6 Å². The van der Waals surface area contributed by atoms with E-state index < -0.39 is 0 Å². The number of pyridine rings is 1. The number of halogens is 1. The maximum Gasteiger partial charge on any atom is 0.265 e. The van der Waals surface area contributed by atoms with Gasteiger partial charge >= 0.3 is 0 Å². The number of aromatic nitrogens is 1. The van der Waals surface area contributed by atoms with Crippen molar-refractivity contribution < 1.29 is 5.11 Å². The van der Waals surface area contributed by atoms with E-state index in [9.17, 15) is 9.90 Å². The van der Waals surface area contributed by atoms with Crippen molar-refractivity contribution in [2.24, 2.45) is 0 Å². The molecule has 0 aliphatic heterocycles. The van der Waals surface area contributed by atoms with E-state index in [1.165, 1.54) is 11.8 Å². The zero-order valence-corrected chi connectivity index (χ0v) is 13.7. The molecule has 23 heavy (non-hydrogen) atoms. The van der Waals surface area contributed by atoms with Gasteiger partial charge in [0.05, 0.1) is 5.52 Å². The van der Waals surface area contributed by atoms with Crippen LogP contribution in [0.4, 0.5) is 0 Å². The van der Waals surface area contributed by atoms with E-state index in [1.54, 1.807) is 18.2 Å². The Kier molecular flexibility index (Phi) is 4.74. The van der Waals surface area contributed by atoms with Gasteiger partial charge in [-0.25, -0.2) is 0 Å². The minimum Gasteiger partial charge on any atom is -0.506 e. The second-order valence-corrected chi connectivity index (χ2v) is 6.41. The van der Waals surface area contributed by atoms with E-state index in [2.05, 4.69) is 4.98 Å². The molecule has 2 aromatic carbocycles. The predicted molar refractivity (Wildman–Crippen MR) is 97.4 cm³/mol. The zero-order valence-electron chi connectivity index (χ0n) is 12.1. The highest BCUT2D eigenvalue weighted by Gasteiger charge is 2.11. The number of thioether (sulfide) groups is 1. The van der Waals surface area contributed by atoms with E-state index >= 15 is 0 Å². The van der Waals surface area contributed by atoms with Gasteiger partial charge in [-0.1, -0.05) is 54.1 Å². The fraction of sp³-hybridized carbons (Fsp3) is 0.0556. The van der Waals surface area contributed by atoms with E-state index in [0.717, 1.165) is 5.56 Å². The predicted octanol–water partition coefficient (Wildman–Crippen LogP) is 4.69. The molecule has 116 valence electrons. The third-order valence-corrected chi connectivity index (χ3v) is 4.60. The normalized spacial score (nSPS) is 11.3. The standard InChI is InChI=1S/C18H14ClNO2S/c19-13-8-9-14-15(11-13)20-18(22)17(16(14)21)23-10-4-7-12-5-2-1-3-6-12/h1-9,11H,10H2,(H2,20,21,22). The van der Waals surface area contributed by atoms with Crippen molar-refractivity contribution in [2.45, 2.75) is 4.90 Å². The van der Waals surface area contributed by atoms with Crippen LogP contribution in [0, 0.1) is 0 Å². The molecular weight excluding hydrogens is 330 g/mol. The molecule has 1 aromatic heterocycles. The summed E-state index contributed by atoms with van der Waals surface area (Å²) in [4.78, 5) is 15.2. The molecule has 0 fully saturated rings. The van der Waals surface area contributed by atoms with Crippen LogP contribution in [-0.2, 0) is 0 Å². The number of rotatable bonds is 4. The summed E-state index contributed by atoms with van der Waals surface area (Å²) < 4.78 is 0. The largest absolute Gasteiger partial charge is 0.506 e. The van der Waals surface area contributed by atoms with Crippen molar-refractivity contribution in [3.63, 3.8) is 0 Å². The van der Waals surface area contributed by atoms with Crippen molar-refractivity contribution in [3.05, 3.63) is 75.5 Å². The lowest BCUT2D eigenvalue weighted by Crippen LogP contribution is -2.08. The van der Waals surface area contributed by atoms with Crippen LogP contribution in [0.2, 0.25) is 5.02 Å². The number of aromatic hydroxyl groups is 1. The van der Waals surface area contributed by atoms with Crippen LogP contribution < -0.4 is 5.56 Å². The molecule has 0 atom stereocenters. The Balaban J connectivity index is 1.82. The number of H-pyrrole nitrogens is 1. The summed E-state index contributed by atoms with van der Waals surface area (Å²) in [6, 6.07) is 14.9. The maximum absolute atomic E-state index is 12.1. The lowest BCUT2D eigenvalue weighted by molar-refractivity contribution is 0.467. The summed E-state index contributed by atoms with van der Waals surface area (Å²) in [6.07, 6.45) is 3.95. The molecule has 3 aromatic rings. The lowest BCUT2D eigenvalue weighted by Gasteiger charge is -2.06. The molecule has 0 unspecified atom stereocenters. The van der Waals surface area contributed by atoms with Gasteiger partial charge in [0.15, 0.2) is 0 Å². The number of nitrogens with one attached hydrogen (secondary N) is 1. The molecule has 0 bridgehead atoms. The Labute approximate surface area is 142 Å². The van der Waals surface area contributed by atoms with Crippen LogP contribution in [0.15, 0.2) is 64.3 Å². The van der Waals surface area contributed by atoms with Crippen molar-refractivity contribution >= 4 is 40.3 Å². The van der Waals surface area contributed by atoms with Crippen LogP contribution in [0.5, 0.6) is 5.75 Å². The van der Waals surface area contributed by atoms with Crippen LogP contribution in [-0.4, -0.2) is 15.8 Å². The second-order valence-electron chi connectivity index (χ2n) is 4.95. The van der Waals surface area contributed by atoms with E-state index in [4.69, 9.17) is 11.6 Å². The molecule has 0 spiro atoms. The molecule has 0 saturated heterocycles. The Morgan fingerprint density at radius 2 is 1.96 bits per heavy atom. The van der Waals surface area contributed by atoms with Crippen molar-refractivity contribution in [1.29, 1.82) is 0 Å². The molecule has 3 rings (SSSR count). The summed E-state index contributed by atoms with van der Waals surface area (Å²) >= 11 is 7.20. The molecule has 0 radical (unpaired) electrons. The Morgan fingerprint density at radius 1 is 1.17 bits per heavy atom. The second kappa shape index (κ2) is 6.94. The van der Waals surface area contributed by atoms with Crippen LogP contribution in [0.25, 0.3) is 17.0 Å². The molecule has 3 nitrogen and oxygen atoms in total.